The number of hydrazine groups is 1. The summed E-state index contributed by atoms with van der Waals surface area (Å²) in [6, 6.07) is -0.668. The van der Waals surface area contributed by atoms with Crippen molar-refractivity contribution in [3.8, 4) is 0 Å². The topological polar surface area (TPSA) is 140 Å². The third-order valence-corrected chi connectivity index (χ3v) is 5.64. The number of rotatable bonds is 3. The standard InChI is InChI=1S/C17H21N7O5/c1-21-12-11(13(26)22(2)16(21)29)23(9-18-12)8-10(25)20-24-14(27)17(19-15(24)28)6-4-3-5-7-17/h9H,3-8H2,1-2H3,(H,19,28)(H,20,25). The van der Waals surface area contributed by atoms with E-state index in [0.29, 0.717) is 17.9 Å². The number of imide groups is 1. The maximum absolute atomic E-state index is 12.7. The zero-order valence-corrected chi connectivity index (χ0v) is 16.1. The third kappa shape index (κ3) is 2.82. The second kappa shape index (κ2) is 6.57. The number of aryl methyl sites for hydroxylation is 1. The Hall–Kier alpha value is -3.44. The number of urea groups is 1. The Labute approximate surface area is 164 Å². The van der Waals surface area contributed by atoms with Crippen LogP contribution in [0.25, 0.3) is 11.2 Å². The molecule has 1 saturated heterocycles. The molecule has 0 unspecified atom stereocenters. The first-order valence-corrected chi connectivity index (χ1v) is 9.32. The summed E-state index contributed by atoms with van der Waals surface area (Å²) >= 11 is 0. The van der Waals surface area contributed by atoms with Crippen LogP contribution in [0.1, 0.15) is 32.1 Å². The van der Waals surface area contributed by atoms with Gasteiger partial charge >= 0.3 is 11.7 Å². The number of hydrogen-bond acceptors (Lipinski definition) is 6. The molecule has 12 nitrogen and oxygen atoms in total. The minimum absolute atomic E-state index is 0.0747. The maximum atomic E-state index is 12.7. The SMILES string of the molecule is Cn1c(=O)c2c(ncn2CC(=O)NN2C(=O)NC3(CCCCC3)C2=O)n(C)c1=O. The van der Waals surface area contributed by atoms with Gasteiger partial charge in [-0.15, -0.1) is 0 Å². The predicted octanol–water partition coefficient (Wildman–Crippen LogP) is -1.28. The van der Waals surface area contributed by atoms with Gasteiger partial charge in [0.15, 0.2) is 11.2 Å². The van der Waals surface area contributed by atoms with Crippen molar-refractivity contribution in [1.82, 2.24) is 34.4 Å². The molecule has 0 radical (unpaired) electrons. The summed E-state index contributed by atoms with van der Waals surface area (Å²) in [6.07, 6.45) is 5.01. The molecule has 3 heterocycles. The van der Waals surface area contributed by atoms with Crippen LogP contribution in [0.2, 0.25) is 0 Å². The number of nitrogens with one attached hydrogen (secondary N) is 2. The van der Waals surface area contributed by atoms with Crippen LogP contribution >= 0.6 is 0 Å². The van der Waals surface area contributed by atoms with E-state index in [0.717, 1.165) is 23.8 Å². The number of hydrogen-bond donors (Lipinski definition) is 2. The van der Waals surface area contributed by atoms with E-state index in [1.54, 1.807) is 0 Å². The molecule has 1 spiro atoms. The van der Waals surface area contributed by atoms with Gasteiger partial charge in [0.1, 0.15) is 12.1 Å². The third-order valence-electron chi connectivity index (χ3n) is 5.64. The second-order valence-corrected chi connectivity index (χ2v) is 7.50. The number of amides is 4. The number of carbonyl (C=O) groups is 3. The molecular formula is C17H21N7O5. The quantitative estimate of drug-likeness (QED) is 0.612. The molecule has 0 atom stereocenters. The average Bonchev–Trinajstić information content (AvgIpc) is 3.20. The van der Waals surface area contributed by atoms with Gasteiger partial charge in [-0.05, 0) is 12.8 Å². The van der Waals surface area contributed by atoms with Gasteiger partial charge < -0.3 is 9.88 Å². The van der Waals surface area contributed by atoms with E-state index < -0.39 is 34.6 Å². The lowest BCUT2D eigenvalue weighted by atomic mass is 9.82. The summed E-state index contributed by atoms with van der Waals surface area (Å²) in [6.45, 7) is -0.353. The van der Waals surface area contributed by atoms with Crippen molar-refractivity contribution >= 4 is 29.0 Å². The monoisotopic (exact) mass is 403 g/mol. The molecule has 2 aromatic rings. The minimum atomic E-state index is -0.946. The molecule has 2 aromatic heterocycles. The summed E-state index contributed by atoms with van der Waals surface area (Å²) in [5.74, 6) is -1.14. The highest BCUT2D eigenvalue weighted by atomic mass is 16.2. The first kappa shape index (κ1) is 18.9. The fourth-order valence-corrected chi connectivity index (χ4v) is 4.05. The van der Waals surface area contributed by atoms with E-state index >= 15 is 0 Å². The molecule has 4 rings (SSSR count). The Bertz CT molecular complexity index is 1150. The summed E-state index contributed by atoms with van der Waals surface area (Å²) in [5.41, 5.74) is 0.463. The van der Waals surface area contributed by atoms with Gasteiger partial charge in [0.25, 0.3) is 17.4 Å². The van der Waals surface area contributed by atoms with Crippen molar-refractivity contribution in [2.75, 3.05) is 0 Å². The van der Waals surface area contributed by atoms with Gasteiger partial charge in [0, 0.05) is 14.1 Å². The molecule has 0 aromatic carbocycles. The van der Waals surface area contributed by atoms with Crippen molar-refractivity contribution in [3.05, 3.63) is 27.2 Å². The fourth-order valence-electron chi connectivity index (χ4n) is 4.05. The van der Waals surface area contributed by atoms with Gasteiger partial charge in [-0.2, -0.15) is 5.01 Å². The predicted molar refractivity (Wildman–Crippen MR) is 99.6 cm³/mol. The van der Waals surface area contributed by atoms with Crippen LogP contribution in [0, 0.1) is 0 Å². The normalized spacial score (nSPS) is 18.5. The minimum Gasteiger partial charge on any atom is -0.322 e. The average molecular weight is 403 g/mol. The zero-order chi connectivity index (χ0) is 20.9. The highest BCUT2D eigenvalue weighted by Crippen LogP contribution is 2.32. The van der Waals surface area contributed by atoms with Crippen LogP contribution in [0.3, 0.4) is 0 Å². The summed E-state index contributed by atoms with van der Waals surface area (Å²) in [7, 11) is 2.80. The first-order valence-electron chi connectivity index (χ1n) is 9.32. The fraction of sp³-hybridized carbons (Fsp3) is 0.529. The molecule has 0 bridgehead atoms. The van der Waals surface area contributed by atoms with Gasteiger partial charge in [0.05, 0.1) is 6.33 Å². The molecule has 1 aliphatic heterocycles. The molecule has 2 aliphatic rings. The lowest BCUT2D eigenvalue weighted by molar-refractivity contribution is -0.140. The second-order valence-electron chi connectivity index (χ2n) is 7.50. The Morgan fingerprint density at radius 1 is 1.14 bits per heavy atom. The van der Waals surface area contributed by atoms with E-state index in [4.69, 9.17) is 0 Å². The number of aromatic nitrogens is 4. The van der Waals surface area contributed by atoms with E-state index in [1.165, 1.54) is 29.6 Å². The highest BCUT2D eigenvalue weighted by Gasteiger charge is 2.52. The maximum Gasteiger partial charge on any atom is 0.344 e. The summed E-state index contributed by atoms with van der Waals surface area (Å²) in [5, 5.41) is 3.41. The smallest absolute Gasteiger partial charge is 0.322 e. The van der Waals surface area contributed by atoms with Crippen molar-refractivity contribution < 1.29 is 14.4 Å². The molecule has 154 valence electrons. The number of carbonyl (C=O) groups excluding carboxylic acids is 3. The molecule has 4 amide bonds. The number of imidazole rings is 1. The van der Waals surface area contributed by atoms with Crippen LogP contribution in [0.4, 0.5) is 4.79 Å². The molecule has 1 aliphatic carbocycles. The van der Waals surface area contributed by atoms with E-state index in [-0.39, 0.29) is 17.7 Å². The molecule has 1 saturated carbocycles. The van der Waals surface area contributed by atoms with Crippen molar-refractivity contribution in [2.24, 2.45) is 14.1 Å². The first-order chi connectivity index (χ1) is 13.7. The van der Waals surface area contributed by atoms with Crippen molar-refractivity contribution in [1.29, 1.82) is 0 Å². The van der Waals surface area contributed by atoms with Crippen LogP contribution < -0.4 is 22.0 Å². The molecule has 2 fully saturated rings. The van der Waals surface area contributed by atoms with E-state index in [9.17, 15) is 24.0 Å². The number of nitrogens with zero attached hydrogens (tertiary/aromatic N) is 5. The zero-order valence-electron chi connectivity index (χ0n) is 16.1. The van der Waals surface area contributed by atoms with E-state index in [1.807, 2.05) is 0 Å². The van der Waals surface area contributed by atoms with Gasteiger partial charge in [-0.25, -0.2) is 14.6 Å². The van der Waals surface area contributed by atoms with Crippen molar-refractivity contribution in [2.45, 2.75) is 44.2 Å². The van der Waals surface area contributed by atoms with Gasteiger partial charge in [-0.1, -0.05) is 19.3 Å². The molecular weight excluding hydrogens is 382 g/mol. The van der Waals surface area contributed by atoms with Crippen LogP contribution in [-0.4, -0.2) is 47.1 Å². The Morgan fingerprint density at radius 3 is 2.52 bits per heavy atom. The Balaban J connectivity index is 1.57. The lowest BCUT2D eigenvalue weighted by Crippen LogP contribution is -2.51. The van der Waals surface area contributed by atoms with Crippen LogP contribution in [0.15, 0.2) is 15.9 Å². The van der Waals surface area contributed by atoms with Gasteiger partial charge in [0.2, 0.25) is 0 Å². The Kier molecular flexibility index (Phi) is 4.28. The molecule has 12 heteroatoms. The number of fused-ring (bicyclic) bond motifs is 1. The van der Waals surface area contributed by atoms with E-state index in [2.05, 4.69) is 15.7 Å². The van der Waals surface area contributed by atoms with Crippen molar-refractivity contribution in [3.63, 3.8) is 0 Å². The molecule has 2 N–H and O–H groups in total. The summed E-state index contributed by atoms with van der Waals surface area (Å²) < 4.78 is 3.40. The van der Waals surface area contributed by atoms with Crippen LogP contribution in [0.5, 0.6) is 0 Å². The lowest BCUT2D eigenvalue weighted by Gasteiger charge is -2.30. The van der Waals surface area contributed by atoms with Crippen LogP contribution in [-0.2, 0) is 30.2 Å². The van der Waals surface area contributed by atoms with Gasteiger partial charge in [-0.3, -0.25) is 28.9 Å². The summed E-state index contributed by atoms with van der Waals surface area (Å²) in [4.78, 5) is 66.0. The largest absolute Gasteiger partial charge is 0.344 e. The Morgan fingerprint density at radius 2 is 1.83 bits per heavy atom. The highest BCUT2D eigenvalue weighted by molar-refractivity contribution is 6.08. The molecule has 29 heavy (non-hydrogen) atoms.